The molecule has 140 valence electrons. The number of piperidine rings is 1. The summed E-state index contributed by atoms with van der Waals surface area (Å²) < 4.78 is 0. The highest BCUT2D eigenvalue weighted by atomic mass is 35.5. The van der Waals surface area contributed by atoms with E-state index >= 15 is 0 Å². The highest BCUT2D eigenvalue weighted by Crippen LogP contribution is 2.12. The van der Waals surface area contributed by atoms with Crippen molar-refractivity contribution in [2.24, 2.45) is 5.92 Å². The SMILES string of the molecule is Cl.O=C(CNC(=O)NCc1ccc(Cl)cc1)NCCC1CCCNC1. The molecule has 1 aliphatic heterocycles. The molecule has 0 bridgehead atoms. The van der Waals surface area contributed by atoms with Crippen LogP contribution in [0.15, 0.2) is 24.3 Å². The molecule has 8 heteroatoms. The fraction of sp³-hybridized carbons (Fsp3) is 0.529. The zero-order valence-corrected chi connectivity index (χ0v) is 15.7. The van der Waals surface area contributed by atoms with E-state index < -0.39 is 0 Å². The van der Waals surface area contributed by atoms with E-state index in [1.165, 1.54) is 12.8 Å². The maximum Gasteiger partial charge on any atom is 0.315 e. The number of carbonyl (C=O) groups excluding carboxylic acids is 2. The third kappa shape index (κ3) is 8.95. The molecule has 0 spiro atoms. The second-order valence-corrected chi connectivity index (χ2v) is 6.45. The first kappa shape index (κ1) is 21.5. The summed E-state index contributed by atoms with van der Waals surface area (Å²) in [5.74, 6) is 0.468. The highest BCUT2D eigenvalue weighted by molar-refractivity contribution is 6.30. The number of carbonyl (C=O) groups is 2. The summed E-state index contributed by atoms with van der Waals surface area (Å²) >= 11 is 5.80. The van der Waals surface area contributed by atoms with Crippen molar-refractivity contribution in [3.05, 3.63) is 34.9 Å². The van der Waals surface area contributed by atoms with Gasteiger partial charge in [0, 0.05) is 18.1 Å². The zero-order chi connectivity index (χ0) is 17.2. The lowest BCUT2D eigenvalue weighted by atomic mass is 9.96. The molecule has 1 heterocycles. The summed E-state index contributed by atoms with van der Waals surface area (Å²) in [6, 6.07) is 6.86. The van der Waals surface area contributed by atoms with E-state index in [2.05, 4.69) is 21.3 Å². The Labute approximate surface area is 159 Å². The smallest absolute Gasteiger partial charge is 0.315 e. The van der Waals surface area contributed by atoms with Gasteiger partial charge in [0.1, 0.15) is 0 Å². The van der Waals surface area contributed by atoms with Crippen LogP contribution in [0.4, 0.5) is 4.79 Å². The minimum Gasteiger partial charge on any atom is -0.355 e. The second kappa shape index (κ2) is 12.0. The van der Waals surface area contributed by atoms with Gasteiger partial charge in [-0.15, -0.1) is 12.4 Å². The van der Waals surface area contributed by atoms with Crippen LogP contribution in [0.5, 0.6) is 0 Å². The third-order valence-corrected chi connectivity index (χ3v) is 4.30. The first-order valence-corrected chi connectivity index (χ1v) is 8.75. The van der Waals surface area contributed by atoms with Crippen LogP contribution in [-0.2, 0) is 11.3 Å². The van der Waals surface area contributed by atoms with Crippen LogP contribution in [0.1, 0.15) is 24.8 Å². The first-order valence-electron chi connectivity index (χ1n) is 8.37. The molecule has 1 unspecified atom stereocenters. The summed E-state index contributed by atoms with van der Waals surface area (Å²) in [6.07, 6.45) is 3.39. The van der Waals surface area contributed by atoms with Gasteiger partial charge in [-0.3, -0.25) is 4.79 Å². The lowest BCUT2D eigenvalue weighted by Crippen LogP contribution is -2.42. The van der Waals surface area contributed by atoms with E-state index in [9.17, 15) is 9.59 Å². The van der Waals surface area contributed by atoms with Gasteiger partial charge in [-0.2, -0.15) is 0 Å². The molecule has 0 radical (unpaired) electrons. The molecule has 0 aromatic heterocycles. The van der Waals surface area contributed by atoms with Gasteiger partial charge in [-0.1, -0.05) is 23.7 Å². The molecule has 0 aliphatic carbocycles. The Morgan fingerprint density at radius 3 is 2.60 bits per heavy atom. The Morgan fingerprint density at radius 1 is 1.16 bits per heavy atom. The molecule has 1 aromatic carbocycles. The van der Waals surface area contributed by atoms with E-state index in [0.717, 1.165) is 25.1 Å². The van der Waals surface area contributed by atoms with Crippen molar-refractivity contribution in [1.82, 2.24) is 21.3 Å². The molecule has 3 amide bonds. The third-order valence-electron chi connectivity index (χ3n) is 4.05. The van der Waals surface area contributed by atoms with Gasteiger partial charge < -0.3 is 21.3 Å². The van der Waals surface area contributed by atoms with Crippen molar-refractivity contribution < 1.29 is 9.59 Å². The molecular weight excluding hydrogens is 363 g/mol. The van der Waals surface area contributed by atoms with E-state index in [-0.39, 0.29) is 30.9 Å². The summed E-state index contributed by atoms with van der Waals surface area (Å²) in [5, 5.41) is 12.1. The van der Waals surface area contributed by atoms with Gasteiger partial charge in [0.25, 0.3) is 0 Å². The maximum absolute atomic E-state index is 11.7. The molecule has 1 fully saturated rings. The molecule has 25 heavy (non-hydrogen) atoms. The fourth-order valence-corrected chi connectivity index (χ4v) is 2.78. The number of hydrogen-bond acceptors (Lipinski definition) is 3. The van der Waals surface area contributed by atoms with Crippen molar-refractivity contribution in [3.8, 4) is 0 Å². The van der Waals surface area contributed by atoms with Gasteiger partial charge >= 0.3 is 6.03 Å². The summed E-state index contributed by atoms with van der Waals surface area (Å²) in [7, 11) is 0. The minimum absolute atomic E-state index is 0. The second-order valence-electron chi connectivity index (χ2n) is 6.01. The standard InChI is InChI=1S/C17H25ClN4O2.ClH/c18-15-5-3-14(4-6-15)11-21-17(24)22-12-16(23)20-9-7-13-2-1-8-19-10-13;/h3-6,13,19H,1-2,7-12H2,(H,20,23)(H2,21,22,24);1H. The van der Waals surface area contributed by atoms with Crippen LogP contribution in [0, 0.1) is 5.92 Å². The first-order chi connectivity index (χ1) is 11.6. The van der Waals surface area contributed by atoms with Crippen LogP contribution >= 0.6 is 24.0 Å². The van der Waals surface area contributed by atoms with E-state index in [0.29, 0.717) is 24.0 Å². The van der Waals surface area contributed by atoms with Gasteiger partial charge in [0.05, 0.1) is 6.54 Å². The number of benzene rings is 1. The predicted octanol–water partition coefficient (Wildman–Crippen LogP) is 2.07. The molecule has 1 saturated heterocycles. The van der Waals surface area contributed by atoms with Gasteiger partial charge in [0.2, 0.25) is 5.91 Å². The molecule has 2 rings (SSSR count). The average molecular weight is 389 g/mol. The number of rotatable bonds is 7. The van der Waals surface area contributed by atoms with Gasteiger partial charge in [0.15, 0.2) is 0 Å². The Balaban J connectivity index is 0.00000312. The van der Waals surface area contributed by atoms with Crippen LogP contribution in [0.2, 0.25) is 5.02 Å². The Morgan fingerprint density at radius 2 is 1.92 bits per heavy atom. The maximum atomic E-state index is 11.7. The molecule has 4 N–H and O–H groups in total. The number of urea groups is 1. The molecule has 1 aromatic rings. The monoisotopic (exact) mass is 388 g/mol. The number of halogens is 2. The lowest BCUT2D eigenvalue weighted by Gasteiger charge is -2.22. The molecule has 1 aliphatic rings. The summed E-state index contributed by atoms with van der Waals surface area (Å²) in [4.78, 5) is 23.4. The van der Waals surface area contributed by atoms with E-state index in [1.54, 1.807) is 12.1 Å². The van der Waals surface area contributed by atoms with E-state index in [4.69, 9.17) is 11.6 Å². The van der Waals surface area contributed by atoms with E-state index in [1.807, 2.05) is 12.1 Å². The van der Waals surface area contributed by atoms with Crippen LogP contribution in [0.3, 0.4) is 0 Å². The Kier molecular flexibility index (Phi) is 10.3. The van der Waals surface area contributed by atoms with Crippen LogP contribution < -0.4 is 21.3 Å². The molecule has 0 saturated carbocycles. The number of amides is 3. The number of nitrogens with one attached hydrogen (secondary N) is 4. The van der Waals surface area contributed by atoms with Crippen molar-refractivity contribution >= 4 is 35.9 Å². The molecule has 1 atom stereocenters. The quantitative estimate of drug-likeness (QED) is 0.576. The van der Waals surface area contributed by atoms with Crippen molar-refractivity contribution in [1.29, 1.82) is 0 Å². The lowest BCUT2D eigenvalue weighted by molar-refractivity contribution is -0.120. The Bertz CT molecular complexity index is 534. The fourth-order valence-electron chi connectivity index (χ4n) is 2.66. The van der Waals surface area contributed by atoms with Crippen molar-refractivity contribution in [3.63, 3.8) is 0 Å². The highest BCUT2D eigenvalue weighted by Gasteiger charge is 2.13. The average Bonchev–Trinajstić information content (AvgIpc) is 2.60. The summed E-state index contributed by atoms with van der Waals surface area (Å²) in [6.45, 7) is 3.15. The topological polar surface area (TPSA) is 82.3 Å². The summed E-state index contributed by atoms with van der Waals surface area (Å²) in [5.41, 5.74) is 0.945. The van der Waals surface area contributed by atoms with Crippen LogP contribution in [0.25, 0.3) is 0 Å². The molecule has 6 nitrogen and oxygen atoms in total. The van der Waals surface area contributed by atoms with Gasteiger partial charge in [-0.05, 0) is 56.0 Å². The number of hydrogen-bond donors (Lipinski definition) is 4. The minimum atomic E-state index is -0.364. The van der Waals surface area contributed by atoms with Crippen molar-refractivity contribution in [2.45, 2.75) is 25.8 Å². The van der Waals surface area contributed by atoms with Gasteiger partial charge in [-0.25, -0.2) is 4.79 Å². The van der Waals surface area contributed by atoms with Crippen LogP contribution in [-0.4, -0.2) is 38.1 Å². The normalized spacial score (nSPS) is 16.4. The zero-order valence-electron chi connectivity index (χ0n) is 14.1. The predicted molar refractivity (Wildman–Crippen MR) is 102 cm³/mol. The largest absolute Gasteiger partial charge is 0.355 e. The molecular formula is C17H26Cl2N4O2. The van der Waals surface area contributed by atoms with Crippen molar-refractivity contribution in [2.75, 3.05) is 26.2 Å². The Hall–Kier alpha value is -1.50.